The molecule has 2 aromatic carbocycles. The van der Waals surface area contributed by atoms with E-state index in [0.717, 1.165) is 6.92 Å². The van der Waals surface area contributed by atoms with Crippen molar-refractivity contribution in [3.8, 4) is 23.0 Å². The molecule has 1 amide bonds. The molecule has 164 valence electrons. The number of hydrogen-bond donors (Lipinski definition) is 1. The van der Waals surface area contributed by atoms with Crippen molar-refractivity contribution in [3.05, 3.63) is 42.0 Å². The molecule has 0 radical (unpaired) electrons. The summed E-state index contributed by atoms with van der Waals surface area (Å²) in [5.41, 5.74) is 0.324. The maximum absolute atomic E-state index is 12.3. The van der Waals surface area contributed by atoms with Crippen LogP contribution in [0.15, 0.2) is 36.4 Å². The zero-order chi connectivity index (χ0) is 23.0. The van der Waals surface area contributed by atoms with Crippen molar-refractivity contribution >= 4 is 29.5 Å². The van der Waals surface area contributed by atoms with Gasteiger partial charge >= 0.3 is 17.9 Å². The first kappa shape index (κ1) is 23.2. The lowest BCUT2D eigenvalue weighted by Gasteiger charge is -2.12. The third kappa shape index (κ3) is 6.74. The average Bonchev–Trinajstić information content (AvgIpc) is 2.72. The Kier molecular flexibility index (Phi) is 7.95. The van der Waals surface area contributed by atoms with Crippen LogP contribution in [0.5, 0.6) is 23.0 Å². The maximum atomic E-state index is 12.3. The minimum absolute atomic E-state index is 0.0149. The number of esters is 3. The zero-order valence-electron chi connectivity index (χ0n) is 17.3. The molecule has 0 saturated heterocycles. The predicted octanol–water partition coefficient (Wildman–Crippen LogP) is 2.35. The lowest BCUT2D eigenvalue weighted by molar-refractivity contribution is -0.134. The van der Waals surface area contributed by atoms with Gasteiger partial charge in [0.05, 0.1) is 25.5 Å². The fraction of sp³-hybridized carbons (Fsp3) is 0.238. The van der Waals surface area contributed by atoms with Gasteiger partial charge in [-0.1, -0.05) is 0 Å². The molecule has 0 fully saturated rings. The van der Waals surface area contributed by atoms with Crippen LogP contribution in [0, 0.1) is 0 Å². The van der Waals surface area contributed by atoms with Gasteiger partial charge in [0.1, 0.15) is 11.5 Å². The summed E-state index contributed by atoms with van der Waals surface area (Å²) in [6.07, 6.45) is 0. The van der Waals surface area contributed by atoms with E-state index in [0.29, 0.717) is 17.2 Å². The van der Waals surface area contributed by atoms with Crippen LogP contribution >= 0.6 is 0 Å². The van der Waals surface area contributed by atoms with Crippen molar-refractivity contribution in [1.82, 2.24) is 0 Å². The van der Waals surface area contributed by atoms with Crippen LogP contribution < -0.4 is 24.3 Å². The number of carbonyl (C=O) groups excluding carboxylic acids is 4. The number of nitrogens with one attached hydrogen (secondary N) is 1. The van der Waals surface area contributed by atoms with Crippen LogP contribution in [0.1, 0.15) is 24.2 Å². The number of amides is 1. The fourth-order valence-electron chi connectivity index (χ4n) is 2.42. The smallest absolute Gasteiger partial charge is 0.338 e. The summed E-state index contributed by atoms with van der Waals surface area (Å²) in [5.74, 6) is -2.05. The van der Waals surface area contributed by atoms with Gasteiger partial charge in [0, 0.05) is 19.9 Å². The molecule has 0 aliphatic rings. The van der Waals surface area contributed by atoms with E-state index in [1.165, 1.54) is 39.3 Å². The van der Waals surface area contributed by atoms with Gasteiger partial charge < -0.3 is 29.0 Å². The Morgan fingerprint density at radius 1 is 0.806 bits per heavy atom. The Balaban J connectivity index is 2.07. The Hall–Kier alpha value is -4.08. The maximum Gasteiger partial charge on any atom is 0.338 e. The number of anilines is 1. The largest absolute Gasteiger partial charge is 0.497 e. The van der Waals surface area contributed by atoms with Crippen molar-refractivity contribution in [2.24, 2.45) is 0 Å². The van der Waals surface area contributed by atoms with Crippen LogP contribution in [0.4, 0.5) is 5.69 Å². The predicted molar refractivity (Wildman–Crippen MR) is 108 cm³/mol. The Labute approximate surface area is 178 Å². The first-order chi connectivity index (χ1) is 14.7. The number of carbonyl (C=O) groups is 4. The van der Waals surface area contributed by atoms with Crippen molar-refractivity contribution in [3.63, 3.8) is 0 Å². The Morgan fingerprint density at radius 2 is 1.45 bits per heavy atom. The molecule has 0 unspecified atom stereocenters. The lowest BCUT2D eigenvalue weighted by Crippen LogP contribution is -2.21. The van der Waals surface area contributed by atoms with Gasteiger partial charge in [-0.25, -0.2) is 4.79 Å². The standard InChI is InChI=1S/C21H21NO9/c1-12(23)30-18-7-5-14(9-19(18)31-13(2)24)21(26)29-11-20(25)22-16-10-15(27-3)6-8-17(16)28-4/h5-10H,11H2,1-4H3,(H,22,25). The molecule has 0 heterocycles. The van der Waals surface area contributed by atoms with E-state index in [1.807, 2.05) is 0 Å². The van der Waals surface area contributed by atoms with Gasteiger partial charge in [0.15, 0.2) is 18.1 Å². The summed E-state index contributed by atoms with van der Waals surface area (Å²) in [5, 5.41) is 2.56. The molecule has 0 spiro atoms. The molecule has 1 N–H and O–H groups in total. The highest BCUT2D eigenvalue weighted by atomic mass is 16.6. The van der Waals surface area contributed by atoms with Gasteiger partial charge in [0.25, 0.3) is 5.91 Å². The summed E-state index contributed by atoms with van der Waals surface area (Å²) in [7, 11) is 2.92. The lowest BCUT2D eigenvalue weighted by atomic mass is 10.2. The average molecular weight is 431 g/mol. The summed E-state index contributed by atoms with van der Waals surface area (Å²) in [6, 6.07) is 8.58. The monoisotopic (exact) mass is 431 g/mol. The second kappa shape index (κ2) is 10.6. The van der Waals surface area contributed by atoms with Gasteiger partial charge in [-0.2, -0.15) is 0 Å². The van der Waals surface area contributed by atoms with E-state index in [4.69, 9.17) is 23.7 Å². The molecular weight excluding hydrogens is 410 g/mol. The van der Waals surface area contributed by atoms with E-state index in [2.05, 4.69) is 5.32 Å². The van der Waals surface area contributed by atoms with Crippen molar-refractivity contribution in [2.45, 2.75) is 13.8 Å². The third-order valence-corrected chi connectivity index (χ3v) is 3.70. The SMILES string of the molecule is COc1ccc(OC)c(NC(=O)COC(=O)c2ccc(OC(C)=O)c(OC(C)=O)c2)c1. The van der Waals surface area contributed by atoms with Crippen LogP contribution in [0.25, 0.3) is 0 Å². The topological polar surface area (TPSA) is 126 Å². The molecule has 2 rings (SSSR count). The van der Waals surface area contributed by atoms with Crippen LogP contribution in [-0.2, 0) is 19.1 Å². The number of hydrogen-bond acceptors (Lipinski definition) is 9. The first-order valence-electron chi connectivity index (χ1n) is 8.93. The van der Waals surface area contributed by atoms with Crippen LogP contribution in [0.3, 0.4) is 0 Å². The molecule has 2 aromatic rings. The molecule has 0 bridgehead atoms. The molecular formula is C21H21NO9. The summed E-state index contributed by atoms with van der Waals surface area (Å²) < 4.78 is 25.2. The number of methoxy groups -OCH3 is 2. The summed E-state index contributed by atoms with van der Waals surface area (Å²) in [4.78, 5) is 46.9. The highest BCUT2D eigenvalue weighted by Gasteiger charge is 2.17. The van der Waals surface area contributed by atoms with E-state index < -0.39 is 30.4 Å². The van der Waals surface area contributed by atoms with E-state index in [9.17, 15) is 19.2 Å². The molecule has 10 heteroatoms. The highest BCUT2D eigenvalue weighted by molar-refractivity contribution is 5.97. The number of benzene rings is 2. The minimum atomic E-state index is -0.851. The molecule has 0 aliphatic carbocycles. The van der Waals surface area contributed by atoms with Gasteiger partial charge in [-0.05, 0) is 30.3 Å². The van der Waals surface area contributed by atoms with Crippen LogP contribution in [-0.4, -0.2) is 44.6 Å². The van der Waals surface area contributed by atoms with Crippen molar-refractivity contribution in [1.29, 1.82) is 0 Å². The molecule has 10 nitrogen and oxygen atoms in total. The molecule has 0 aromatic heterocycles. The van der Waals surface area contributed by atoms with Crippen molar-refractivity contribution < 1.29 is 42.9 Å². The third-order valence-electron chi connectivity index (χ3n) is 3.70. The first-order valence-corrected chi connectivity index (χ1v) is 8.93. The fourth-order valence-corrected chi connectivity index (χ4v) is 2.42. The summed E-state index contributed by atoms with van der Waals surface area (Å²) >= 11 is 0. The molecule has 0 atom stereocenters. The van der Waals surface area contributed by atoms with E-state index in [-0.39, 0.29) is 17.1 Å². The Morgan fingerprint density at radius 3 is 2.06 bits per heavy atom. The number of rotatable bonds is 8. The van der Waals surface area contributed by atoms with E-state index in [1.54, 1.807) is 18.2 Å². The molecule has 31 heavy (non-hydrogen) atoms. The highest BCUT2D eigenvalue weighted by Crippen LogP contribution is 2.30. The zero-order valence-corrected chi connectivity index (χ0v) is 17.3. The van der Waals surface area contributed by atoms with Crippen LogP contribution in [0.2, 0.25) is 0 Å². The van der Waals surface area contributed by atoms with Crippen molar-refractivity contribution in [2.75, 3.05) is 26.1 Å². The summed E-state index contributed by atoms with van der Waals surface area (Å²) in [6.45, 7) is 1.74. The van der Waals surface area contributed by atoms with Gasteiger partial charge in [-0.15, -0.1) is 0 Å². The normalized spacial score (nSPS) is 9.94. The Bertz CT molecular complexity index is 1000. The minimum Gasteiger partial charge on any atom is -0.497 e. The van der Waals surface area contributed by atoms with Gasteiger partial charge in [0.2, 0.25) is 0 Å². The van der Waals surface area contributed by atoms with Gasteiger partial charge in [-0.3, -0.25) is 14.4 Å². The molecule has 0 aliphatic heterocycles. The quantitative estimate of drug-likeness (QED) is 0.495. The van der Waals surface area contributed by atoms with E-state index >= 15 is 0 Å². The second-order valence-electron chi connectivity index (χ2n) is 6.04. The number of ether oxygens (including phenoxy) is 5. The molecule has 0 saturated carbocycles. The second-order valence-corrected chi connectivity index (χ2v) is 6.04.